The first-order chi connectivity index (χ1) is 8.40. The van der Waals surface area contributed by atoms with Gasteiger partial charge >= 0.3 is 6.09 Å². The van der Waals surface area contributed by atoms with Crippen molar-refractivity contribution in [2.45, 2.75) is 64.5 Å². The third kappa shape index (κ3) is 6.03. The van der Waals surface area contributed by atoms with Crippen LogP contribution in [0.15, 0.2) is 0 Å². The van der Waals surface area contributed by atoms with Crippen LogP contribution >= 0.6 is 0 Å². The Morgan fingerprint density at radius 1 is 1.28 bits per heavy atom. The van der Waals surface area contributed by atoms with E-state index in [1.165, 1.54) is 19.3 Å². The number of aldehydes is 1. The topological polar surface area (TPSA) is 55.4 Å². The maximum Gasteiger partial charge on any atom is 0.408 e. The predicted molar refractivity (Wildman–Crippen MR) is 70.1 cm³/mol. The largest absolute Gasteiger partial charge is 0.444 e. The van der Waals surface area contributed by atoms with Gasteiger partial charge in [-0.25, -0.2) is 4.79 Å². The van der Waals surface area contributed by atoms with Gasteiger partial charge in [0.2, 0.25) is 0 Å². The van der Waals surface area contributed by atoms with Gasteiger partial charge in [0.15, 0.2) is 0 Å². The van der Waals surface area contributed by atoms with Gasteiger partial charge in [-0.05, 0) is 33.1 Å². The van der Waals surface area contributed by atoms with E-state index in [4.69, 9.17) is 4.74 Å². The van der Waals surface area contributed by atoms with E-state index in [-0.39, 0.29) is 0 Å². The maximum atomic E-state index is 11.6. The molecule has 18 heavy (non-hydrogen) atoms. The van der Waals surface area contributed by atoms with Crippen LogP contribution in [0, 0.1) is 12.3 Å². The van der Waals surface area contributed by atoms with Crippen molar-refractivity contribution >= 4 is 12.4 Å². The van der Waals surface area contributed by atoms with Crippen molar-refractivity contribution in [3.05, 3.63) is 6.42 Å². The predicted octanol–water partition coefficient (Wildman–Crippen LogP) is 2.86. The normalized spacial score (nSPS) is 19.1. The molecular weight excluding hydrogens is 230 g/mol. The van der Waals surface area contributed by atoms with Gasteiger partial charge in [-0.3, -0.25) is 0 Å². The monoisotopic (exact) mass is 254 g/mol. The minimum absolute atomic E-state index is 0.434. The van der Waals surface area contributed by atoms with Gasteiger partial charge in [0, 0.05) is 0 Å². The molecule has 1 atom stereocenters. The zero-order valence-electron chi connectivity index (χ0n) is 11.6. The molecular formula is C14H24NO3. The molecule has 1 amide bonds. The molecule has 1 aliphatic carbocycles. The highest BCUT2D eigenvalue weighted by Gasteiger charge is 2.23. The van der Waals surface area contributed by atoms with Crippen molar-refractivity contribution in [2.24, 2.45) is 5.92 Å². The van der Waals surface area contributed by atoms with Crippen LogP contribution < -0.4 is 5.32 Å². The number of alkyl carbamates (subject to hydrolysis) is 1. The van der Waals surface area contributed by atoms with E-state index >= 15 is 0 Å². The number of rotatable bonds is 4. The van der Waals surface area contributed by atoms with Gasteiger partial charge in [-0.1, -0.05) is 32.1 Å². The number of amides is 1. The molecule has 1 aliphatic rings. The number of hydrogen-bond donors (Lipinski definition) is 1. The molecule has 0 aliphatic heterocycles. The molecule has 1 saturated carbocycles. The molecule has 0 aromatic rings. The average Bonchev–Trinajstić information content (AvgIpc) is 2.27. The Bertz CT molecular complexity index is 277. The van der Waals surface area contributed by atoms with Gasteiger partial charge in [-0.2, -0.15) is 0 Å². The lowest BCUT2D eigenvalue weighted by Crippen LogP contribution is -2.41. The SMILES string of the molecule is CC(C)(C)OC(=O)N[C@H]([CH]C1CCCCC1)C=O. The fourth-order valence-electron chi connectivity index (χ4n) is 2.19. The molecule has 0 heterocycles. The summed E-state index contributed by atoms with van der Waals surface area (Å²) in [6, 6.07) is -0.539. The van der Waals surface area contributed by atoms with Crippen LogP contribution in [0.25, 0.3) is 0 Å². The second-order valence-electron chi connectivity index (χ2n) is 5.90. The molecule has 0 saturated heterocycles. The standard InChI is InChI=1S/C14H24NO3/c1-14(2,3)18-13(17)15-12(10-16)9-11-7-5-4-6-8-11/h9-12H,4-8H2,1-3H3,(H,15,17)/t12-/m1/s1. The molecule has 1 N–H and O–H groups in total. The number of hydrogen-bond acceptors (Lipinski definition) is 3. The minimum Gasteiger partial charge on any atom is -0.444 e. The Hall–Kier alpha value is -1.06. The summed E-state index contributed by atoms with van der Waals surface area (Å²) in [7, 11) is 0. The Labute approximate surface area is 109 Å². The minimum atomic E-state index is -0.539. The fraction of sp³-hybridized carbons (Fsp3) is 0.786. The van der Waals surface area contributed by atoms with E-state index in [1.807, 2.05) is 6.42 Å². The summed E-state index contributed by atoms with van der Waals surface area (Å²) in [4.78, 5) is 22.5. The van der Waals surface area contributed by atoms with Crippen molar-refractivity contribution in [1.82, 2.24) is 5.32 Å². The molecule has 4 nitrogen and oxygen atoms in total. The first-order valence-electron chi connectivity index (χ1n) is 6.70. The Morgan fingerprint density at radius 3 is 2.39 bits per heavy atom. The summed E-state index contributed by atoms with van der Waals surface area (Å²) in [5.74, 6) is 0.434. The fourth-order valence-corrected chi connectivity index (χ4v) is 2.19. The lowest BCUT2D eigenvalue weighted by Gasteiger charge is -2.25. The lowest BCUT2D eigenvalue weighted by atomic mass is 9.85. The van der Waals surface area contributed by atoms with Crippen LogP contribution in [-0.4, -0.2) is 24.0 Å². The number of carbonyl (C=O) groups is 2. The van der Waals surface area contributed by atoms with Crippen LogP contribution in [0.5, 0.6) is 0 Å². The highest BCUT2D eigenvalue weighted by atomic mass is 16.6. The molecule has 0 unspecified atom stereocenters. The van der Waals surface area contributed by atoms with Crippen molar-refractivity contribution in [1.29, 1.82) is 0 Å². The third-order valence-electron chi connectivity index (χ3n) is 2.96. The van der Waals surface area contributed by atoms with E-state index in [1.54, 1.807) is 20.8 Å². The molecule has 0 aromatic carbocycles. The van der Waals surface area contributed by atoms with Gasteiger partial charge in [0.05, 0.1) is 6.04 Å². The molecule has 0 spiro atoms. The first-order valence-corrected chi connectivity index (χ1v) is 6.70. The maximum absolute atomic E-state index is 11.6. The molecule has 1 rings (SSSR count). The number of ether oxygens (including phenoxy) is 1. The summed E-state index contributed by atoms with van der Waals surface area (Å²) >= 11 is 0. The van der Waals surface area contributed by atoms with Crippen molar-refractivity contribution in [3.63, 3.8) is 0 Å². The van der Waals surface area contributed by atoms with Gasteiger partial charge in [0.1, 0.15) is 11.9 Å². The third-order valence-corrected chi connectivity index (χ3v) is 2.96. The van der Waals surface area contributed by atoms with E-state index in [2.05, 4.69) is 5.32 Å². The second-order valence-corrected chi connectivity index (χ2v) is 5.90. The summed E-state index contributed by atoms with van der Waals surface area (Å²) in [5, 5.41) is 2.59. The first kappa shape index (κ1) is 15.0. The zero-order valence-corrected chi connectivity index (χ0v) is 11.6. The molecule has 0 bridgehead atoms. The van der Waals surface area contributed by atoms with Crippen LogP contribution in [0.1, 0.15) is 52.9 Å². The number of nitrogens with one attached hydrogen (secondary N) is 1. The number of carbonyl (C=O) groups excluding carboxylic acids is 2. The molecule has 0 aromatic heterocycles. The summed E-state index contributed by atoms with van der Waals surface area (Å²) in [6.07, 6.45) is 8.08. The van der Waals surface area contributed by atoms with Gasteiger partial charge in [-0.15, -0.1) is 0 Å². The van der Waals surface area contributed by atoms with Crippen LogP contribution in [0.2, 0.25) is 0 Å². The molecule has 1 fully saturated rings. The van der Waals surface area contributed by atoms with Crippen molar-refractivity contribution in [3.8, 4) is 0 Å². The van der Waals surface area contributed by atoms with Crippen LogP contribution in [-0.2, 0) is 9.53 Å². The van der Waals surface area contributed by atoms with Crippen LogP contribution in [0.4, 0.5) is 4.79 Å². The summed E-state index contributed by atoms with van der Waals surface area (Å²) in [6.45, 7) is 5.40. The van der Waals surface area contributed by atoms with Crippen molar-refractivity contribution < 1.29 is 14.3 Å². The zero-order chi connectivity index (χ0) is 13.6. The molecule has 103 valence electrons. The van der Waals surface area contributed by atoms with Crippen molar-refractivity contribution in [2.75, 3.05) is 0 Å². The van der Waals surface area contributed by atoms with E-state index in [0.717, 1.165) is 19.1 Å². The lowest BCUT2D eigenvalue weighted by molar-refractivity contribution is -0.109. The molecule has 1 radical (unpaired) electrons. The van der Waals surface area contributed by atoms with E-state index in [0.29, 0.717) is 5.92 Å². The average molecular weight is 254 g/mol. The quantitative estimate of drug-likeness (QED) is 0.785. The summed E-state index contributed by atoms with van der Waals surface area (Å²) in [5.41, 5.74) is -0.539. The second kappa shape index (κ2) is 6.76. The van der Waals surface area contributed by atoms with E-state index in [9.17, 15) is 9.59 Å². The molecule has 4 heteroatoms. The highest BCUT2D eigenvalue weighted by molar-refractivity contribution is 5.74. The Morgan fingerprint density at radius 2 is 1.89 bits per heavy atom. The van der Waals surface area contributed by atoms with E-state index < -0.39 is 17.7 Å². The van der Waals surface area contributed by atoms with Gasteiger partial charge < -0.3 is 14.8 Å². The van der Waals surface area contributed by atoms with Crippen LogP contribution in [0.3, 0.4) is 0 Å². The van der Waals surface area contributed by atoms with Gasteiger partial charge in [0.25, 0.3) is 0 Å². The Kier molecular flexibility index (Phi) is 5.63. The highest BCUT2D eigenvalue weighted by Crippen LogP contribution is 2.26. The summed E-state index contributed by atoms with van der Waals surface area (Å²) < 4.78 is 5.13. The Balaban J connectivity index is 2.36. The smallest absolute Gasteiger partial charge is 0.408 e.